The second kappa shape index (κ2) is 8.75. The van der Waals surface area contributed by atoms with Gasteiger partial charge < -0.3 is 15.4 Å². The van der Waals surface area contributed by atoms with Crippen molar-refractivity contribution in [2.24, 2.45) is 0 Å². The fourth-order valence-electron chi connectivity index (χ4n) is 1.14. The van der Waals surface area contributed by atoms with Crippen LogP contribution in [0, 0.1) is 0 Å². The van der Waals surface area contributed by atoms with E-state index in [0.717, 1.165) is 0 Å². The molecule has 17 heavy (non-hydrogen) atoms. The maximum atomic E-state index is 11.3. The molecule has 5 heteroatoms. The van der Waals surface area contributed by atoms with E-state index in [2.05, 4.69) is 17.2 Å². The molecule has 0 atom stereocenters. The molecule has 0 aliphatic heterocycles. The van der Waals surface area contributed by atoms with Gasteiger partial charge in [-0.2, -0.15) is 0 Å². The predicted octanol–water partition coefficient (Wildman–Crippen LogP) is 0.610. The summed E-state index contributed by atoms with van der Waals surface area (Å²) in [6.45, 7) is 10.4. The number of hydrogen-bond acceptors (Lipinski definition) is 4. The number of ether oxygens (including phenoxy) is 1. The van der Waals surface area contributed by atoms with Crippen LogP contribution in [0.25, 0.3) is 0 Å². The van der Waals surface area contributed by atoms with Crippen LogP contribution in [-0.4, -0.2) is 37.6 Å². The van der Waals surface area contributed by atoms with E-state index in [1.54, 1.807) is 6.92 Å². The van der Waals surface area contributed by atoms with Crippen LogP contribution in [0.2, 0.25) is 0 Å². The SMILES string of the molecule is C=C(CNCCC(=O)NC(C)C)C(=O)OCC. The summed E-state index contributed by atoms with van der Waals surface area (Å²) < 4.78 is 4.78. The van der Waals surface area contributed by atoms with Crippen molar-refractivity contribution >= 4 is 11.9 Å². The predicted molar refractivity (Wildman–Crippen MR) is 66.5 cm³/mol. The molecule has 0 aliphatic carbocycles. The average molecular weight is 242 g/mol. The van der Waals surface area contributed by atoms with Gasteiger partial charge in [0.25, 0.3) is 0 Å². The molecule has 0 saturated heterocycles. The molecule has 1 amide bonds. The first-order valence-electron chi connectivity index (χ1n) is 5.82. The number of nitrogens with one attached hydrogen (secondary N) is 2. The standard InChI is InChI=1S/C12H22N2O3/c1-5-17-12(16)10(4)8-13-7-6-11(15)14-9(2)3/h9,13H,4-8H2,1-3H3,(H,14,15). The van der Waals surface area contributed by atoms with Crippen LogP contribution >= 0.6 is 0 Å². The second-order valence-corrected chi connectivity index (χ2v) is 3.97. The highest BCUT2D eigenvalue weighted by molar-refractivity contribution is 5.88. The van der Waals surface area contributed by atoms with Crippen LogP contribution in [0.15, 0.2) is 12.2 Å². The normalized spacial score (nSPS) is 10.1. The molecule has 0 fully saturated rings. The highest BCUT2D eigenvalue weighted by Gasteiger charge is 2.07. The lowest BCUT2D eigenvalue weighted by atomic mass is 10.3. The summed E-state index contributed by atoms with van der Waals surface area (Å²) in [5.41, 5.74) is 0.371. The lowest BCUT2D eigenvalue weighted by Crippen LogP contribution is -2.33. The van der Waals surface area contributed by atoms with E-state index in [0.29, 0.717) is 31.7 Å². The number of rotatable bonds is 8. The van der Waals surface area contributed by atoms with Crippen molar-refractivity contribution in [2.45, 2.75) is 33.2 Å². The van der Waals surface area contributed by atoms with E-state index in [4.69, 9.17) is 4.74 Å². The summed E-state index contributed by atoms with van der Waals surface area (Å²) in [6, 6.07) is 0.150. The third kappa shape index (κ3) is 8.45. The van der Waals surface area contributed by atoms with Gasteiger partial charge >= 0.3 is 5.97 Å². The smallest absolute Gasteiger partial charge is 0.334 e. The summed E-state index contributed by atoms with van der Waals surface area (Å²) >= 11 is 0. The van der Waals surface area contributed by atoms with Gasteiger partial charge in [0.15, 0.2) is 0 Å². The van der Waals surface area contributed by atoms with E-state index in [1.165, 1.54) is 0 Å². The largest absolute Gasteiger partial charge is 0.463 e. The molecule has 0 bridgehead atoms. The quantitative estimate of drug-likeness (QED) is 0.372. The van der Waals surface area contributed by atoms with Gasteiger partial charge in [-0.25, -0.2) is 4.79 Å². The Morgan fingerprint density at radius 3 is 2.53 bits per heavy atom. The minimum Gasteiger partial charge on any atom is -0.463 e. The van der Waals surface area contributed by atoms with Crippen LogP contribution in [0.4, 0.5) is 0 Å². The molecular weight excluding hydrogens is 220 g/mol. The van der Waals surface area contributed by atoms with Gasteiger partial charge in [0.1, 0.15) is 0 Å². The fourth-order valence-corrected chi connectivity index (χ4v) is 1.14. The van der Waals surface area contributed by atoms with E-state index < -0.39 is 5.97 Å². The first-order chi connectivity index (χ1) is 7.97. The zero-order valence-electron chi connectivity index (χ0n) is 10.8. The molecule has 0 saturated carbocycles. The van der Waals surface area contributed by atoms with Gasteiger partial charge in [0.05, 0.1) is 6.61 Å². The molecule has 2 N–H and O–H groups in total. The Labute approximate surface area is 103 Å². The number of carbonyl (C=O) groups is 2. The Morgan fingerprint density at radius 2 is 2.00 bits per heavy atom. The molecular formula is C12H22N2O3. The Hall–Kier alpha value is -1.36. The minimum absolute atomic E-state index is 0.00533. The zero-order chi connectivity index (χ0) is 13.3. The third-order valence-corrected chi connectivity index (χ3v) is 1.88. The Morgan fingerprint density at radius 1 is 1.35 bits per heavy atom. The van der Waals surface area contributed by atoms with Crippen LogP contribution < -0.4 is 10.6 Å². The van der Waals surface area contributed by atoms with Crippen molar-refractivity contribution in [1.29, 1.82) is 0 Å². The average Bonchev–Trinajstić information content (AvgIpc) is 2.23. The number of esters is 1. The molecule has 0 aromatic rings. The van der Waals surface area contributed by atoms with E-state index in [-0.39, 0.29) is 11.9 Å². The molecule has 0 aliphatic rings. The molecule has 0 rings (SSSR count). The number of carbonyl (C=O) groups excluding carboxylic acids is 2. The van der Waals surface area contributed by atoms with Crippen molar-refractivity contribution in [3.8, 4) is 0 Å². The monoisotopic (exact) mass is 242 g/mol. The van der Waals surface area contributed by atoms with Crippen molar-refractivity contribution < 1.29 is 14.3 Å². The Bertz CT molecular complexity index is 275. The van der Waals surface area contributed by atoms with Crippen molar-refractivity contribution in [2.75, 3.05) is 19.7 Å². The summed E-state index contributed by atoms with van der Waals surface area (Å²) in [6.07, 6.45) is 0.383. The van der Waals surface area contributed by atoms with Crippen LogP contribution in [0.5, 0.6) is 0 Å². The van der Waals surface area contributed by atoms with Gasteiger partial charge in [-0.05, 0) is 20.8 Å². The van der Waals surface area contributed by atoms with E-state index in [9.17, 15) is 9.59 Å². The Kier molecular flexibility index (Phi) is 8.05. The molecule has 5 nitrogen and oxygen atoms in total. The molecule has 98 valence electrons. The summed E-state index contributed by atoms with van der Waals surface area (Å²) in [7, 11) is 0. The van der Waals surface area contributed by atoms with Gasteiger partial charge in [0.2, 0.25) is 5.91 Å². The zero-order valence-corrected chi connectivity index (χ0v) is 10.8. The van der Waals surface area contributed by atoms with Gasteiger partial charge in [-0.1, -0.05) is 6.58 Å². The lowest BCUT2D eigenvalue weighted by Gasteiger charge is -2.09. The van der Waals surface area contributed by atoms with Crippen LogP contribution in [0.3, 0.4) is 0 Å². The van der Waals surface area contributed by atoms with Gasteiger partial charge in [0, 0.05) is 31.1 Å². The van der Waals surface area contributed by atoms with Gasteiger partial charge in [-0.15, -0.1) is 0 Å². The molecule has 0 heterocycles. The highest BCUT2D eigenvalue weighted by atomic mass is 16.5. The molecule has 0 aromatic carbocycles. The van der Waals surface area contributed by atoms with Crippen LogP contribution in [-0.2, 0) is 14.3 Å². The lowest BCUT2D eigenvalue weighted by molar-refractivity contribution is -0.138. The fraction of sp³-hybridized carbons (Fsp3) is 0.667. The highest BCUT2D eigenvalue weighted by Crippen LogP contribution is 1.92. The number of hydrogen-bond donors (Lipinski definition) is 2. The first-order valence-corrected chi connectivity index (χ1v) is 5.82. The maximum Gasteiger partial charge on any atom is 0.334 e. The summed E-state index contributed by atoms with van der Waals surface area (Å²) in [5.74, 6) is -0.402. The van der Waals surface area contributed by atoms with Crippen molar-refractivity contribution in [3.05, 3.63) is 12.2 Å². The van der Waals surface area contributed by atoms with E-state index in [1.807, 2.05) is 13.8 Å². The third-order valence-electron chi connectivity index (χ3n) is 1.88. The maximum absolute atomic E-state index is 11.3. The molecule has 0 radical (unpaired) electrons. The molecule has 0 spiro atoms. The summed E-state index contributed by atoms with van der Waals surface area (Å²) in [4.78, 5) is 22.4. The van der Waals surface area contributed by atoms with Gasteiger partial charge in [-0.3, -0.25) is 4.79 Å². The minimum atomic E-state index is -0.397. The molecule has 0 unspecified atom stereocenters. The summed E-state index contributed by atoms with van der Waals surface area (Å²) in [5, 5.41) is 5.75. The van der Waals surface area contributed by atoms with Crippen LogP contribution in [0.1, 0.15) is 27.2 Å². The van der Waals surface area contributed by atoms with Crippen molar-refractivity contribution in [3.63, 3.8) is 0 Å². The second-order valence-electron chi connectivity index (χ2n) is 3.97. The number of amides is 1. The van der Waals surface area contributed by atoms with E-state index >= 15 is 0 Å². The molecule has 0 aromatic heterocycles. The van der Waals surface area contributed by atoms with Crippen molar-refractivity contribution in [1.82, 2.24) is 10.6 Å². The first kappa shape index (κ1) is 15.6. The topological polar surface area (TPSA) is 67.4 Å². The Balaban J connectivity index is 3.61.